The molecule has 3 heterocycles. The quantitative estimate of drug-likeness (QED) is 0.742. The largest absolute Gasteiger partial charge is 0.321 e. The van der Waals surface area contributed by atoms with Crippen LogP contribution in [-0.2, 0) is 11.8 Å². The van der Waals surface area contributed by atoms with Gasteiger partial charge in [0.25, 0.3) is 0 Å². The van der Waals surface area contributed by atoms with Crippen LogP contribution in [0.2, 0.25) is 0 Å². The second kappa shape index (κ2) is 6.04. The van der Waals surface area contributed by atoms with E-state index in [2.05, 4.69) is 20.4 Å². The van der Waals surface area contributed by atoms with Crippen LogP contribution in [0.25, 0.3) is 11.9 Å². The highest BCUT2D eigenvalue weighted by molar-refractivity contribution is 6.01. The number of aromatic nitrogens is 5. The van der Waals surface area contributed by atoms with Gasteiger partial charge in [-0.1, -0.05) is 0 Å². The molecule has 3 aromatic rings. The van der Waals surface area contributed by atoms with Crippen LogP contribution in [0, 0.1) is 0 Å². The Labute approximate surface area is 126 Å². The van der Waals surface area contributed by atoms with Gasteiger partial charge in [0.1, 0.15) is 12.1 Å². The number of nitrogens with zero attached hydrogens (tertiary/aromatic N) is 5. The Bertz CT molecular complexity index is 786. The molecule has 0 saturated carbocycles. The summed E-state index contributed by atoms with van der Waals surface area (Å²) in [7, 11) is 1.82. The number of imidazole rings is 1. The zero-order valence-corrected chi connectivity index (χ0v) is 11.9. The molecule has 110 valence electrons. The first-order valence-electron chi connectivity index (χ1n) is 6.63. The number of pyridine rings is 1. The van der Waals surface area contributed by atoms with E-state index in [-0.39, 0.29) is 5.91 Å². The molecule has 1 N–H and O–H groups in total. The average molecular weight is 294 g/mol. The van der Waals surface area contributed by atoms with Gasteiger partial charge in [-0.2, -0.15) is 5.10 Å². The van der Waals surface area contributed by atoms with Crippen molar-refractivity contribution < 1.29 is 4.79 Å². The van der Waals surface area contributed by atoms with E-state index in [9.17, 15) is 4.79 Å². The fourth-order valence-corrected chi connectivity index (χ4v) is 1.89. The minimum atomic E-state index is -0.221. The van der Waals surface area contributed by atoms with E-state index < -0.39 is 0 Å². The van der Waals surface area contributed by atoms with Crippen LogP contribution in [0.1, 0.15) is 5.56 Å². The molecule has 0 aromatic carbocycles. The van der Waals surface area contributed by atoms with Crippen molar-refractivity contribution in [2.75, 3.05) is 5.32 Å². The maximum Gasteiger partial charge on any atom is 0.248 e. The van der Waals surface area contributed by atoms with E-state index in [0.717, 1.165) is 11.4 Å². The first-order chi connectivity index (χ1) is 10.7. The molecule has 7 nitrogen and oxygen atoms in total. The zero-order valence-electron chi connectivity index (χ0n) is 11.9. The lowest BCUT2D eigenvalue weighted by atomic mass is 10.3. The Hall–Kier alpha value is -3.22. The van der Waals surface area contributed by atoms with Crippen LogP contribution in [0.3, 0.4) is 0 Å². The molecular formula is C15H14N6O. The Kier molecular flexibility index (Phi) is 3.78. The Balaban J connectivity index is 1.63. The molecule has 0 aliphatic heterocycles. The normalized spacial score (nSPS) is 11.0. The lowest BCUT2D eigenvalue weighted by Gasteiger charge is -2.04. The first-order valence-corrected chi connectivity index (χ1v) is 6.63. The Morgan fingerprint density at radius 2 is 2.23 bits per heavy atom. The second-order valence-electron chi connectivity index (χ2n) is 4.64. The summed E-state index contributed by atoms with van der Waals surface area (Å²) in [5.41, 5.74) is 1.50. The number of anilines is 1. The number of rotatable bonds is 4. The first kappa shape index (κ1) is 13.7. The Morgan fingerprint density at radius 1 is 1.32 bits per heavy atom. The van der Waals surface area contributed by atoms with Crippen molar-refractivity contribution >= 4 is 17.7 Å². The molecule has 0 aliphatic carbocycles. The molecular weight excluding hydrogens is 280 g/mol. The molecule has 22 heavy (non-hydrogen) atoms. The summed E-state index contributed by atoms with van der Waals surface area (Å²) in [6.45, 7) is 0. The second-order valence-corrected chi connectivity index (χ2v) is 4.64. The monoisotopic (exact) mass is 294 g/mol. The number of hydrogen-bond acceptors (Lipinski definition) is 4. The van der Waals surface area contributed by atoms with Crippen LogP contribution >= 0.6 is 0 Å². The lowest BCUT2D eigenvalue weighted by molar-refractivity contribution is -0.111. The van der Waals surface area contributed by atoms with Crippen molar-refractivity contribution in [1.82, 2.24) is 24.3 Å². The average Bonchev–Trinajstić information content (AvgIpc) is 3.17. The number of carbonyl (C=O) groups is 1. The number of hydrogen-bond donors (Lipinski definition) is 1. The summed E-state index contributed by atoms with van der Waals surface area (Å²) >= 11 is 0. The van der Waals surface area contributed by atoms with E-state index >= 15 is 0 Å². The summed E-state index contributed by atoms with van der Waals surface area (Å²) in [5.74, 6) is 0.516. The molecule has 3 aromatic heterocycles. The molecule has 7 heteroatoms. The van der Waals surface area contributed by atoms with Gasteiger partial charge < -0.3 is 5.32 Å². The van der Waals surface area contributed by atoms with Crippen LogP contribution < -0.4 is 5.32 Å². The summed E-state index contributed by atoms with van der Waals surface area (Å²) in [5, 5.41) is 6.78. The molecule has 0 atom stereocenters. The fraction of sp³-hybridized carbons (Fsp3) is 0.0667. The minimum absolute atomic E-state index is 0.221. The fourth-order valence-electron chi connectivity index (χ4n) is 1.89. The molecule has 0 radical (unpaired) electrons. The van der Waals surface area contributed by atoms with Gasteiger partial charge in [0.15, 0.2) is 0 Å². The van der Waals surface area contributed by atoms with Gasteiger partial charge in [0, 0.05) is 37.3 Å². The van der Waals surface area contributed by atoms with Gasteiger partial charge in [-0.05, 0) is 18.2 Å². The van der Waals surface area contributed by atoms with Crippen LogP contribution in [-0.4, -0.2) is 30.2 Å². The third-order valence-electron chi connectivity index (χ3n) is 2.94. The topological polar surface area (TPSA) is 77.6 Å². The van der Waals surface area contributed by atoms with E-state index in [1.807, 2.05) is 19.3 Å². The summed E-state index contributed by atoms with van der Waals surface area (Å²) in [4.78, 5) is 20.1. The van der Waals surface area contributed by atoms with Gasteiger partial charge in [-0.25, -0.2) is 9.97 Å². The van der Waals surface area contributed by atoms with Crippen molar-refractivity contribution in [3.8, 4) is 5.82 Å². The summed E-state index contributed by atoms with van der Waals surface area (Å²) < 4.78 is 3.46. The number of amides is 1. The Morgan fingerprint density at radius 3 is 2.86 bits per heavy atom. The zero-order chi connectivity index (χ0) is 15.4. The molecule has 3 rings (SSSR count). The van der Waals surface area contributed by atoms with Crippen LogP contribution in [0.15, 0.2) is 55.5 Å². The molecule has 0 bridgehead atoms. The SMILES string of the molecule is Cn1cc(/C=C/C(=O)Nc2ccc(-n3ccnc3)nc2)cn1. The lowest BCUT2D eigenvalue weighted by Crippen LogP contribution is -2.08. The number of aryl methyl sites for hydroxylation is 1. The summed E-state index contributed by atoms with van der Waals surface area (Å²) in [6, 6.07) is 3.60. The van der Waals surface area contributed by atoms with Crippen molar-refractivity contribution in [2.45, 2.75) is 0 Å². The highest BCUT2D eigenvalue weighted by Crippen LogP contribution is 2.09. The van der Waals surface area contributed by atoms with E-state index in [0.29, 0.717) is 5.69 Å². The van der Waals surface area contributed by atoms with Crippen molar-refractivity contribution in [3.05, 3.63) is 61.1 Å². The van der Waals surface area contributed by atoms with Gasteiger partial charge >= 0.3 is 0 Å². The molecule has 0 spiro atoms. The third kappa shape index (κ3) is 3.26. The molecule has 1 amide bonds. The van der Waals surface area contributed by atoms with Crippen molar-refractivity contribution in [1.29, 1.82) is 0 Å². The van der Waals surface area contributed by atoms with Crippen molar-refractivity contribution in [3.63, 3.8) is 0 Å². The standard InChI is InChI=1S/C15H14N6O/c1-20-10-12(8-18-20)2-5-15(22)19-13-3-4-14(17-9-13)21-7-6-16-11-21/h2-11H,1H3,(H,19,22)/b5-2+. The van der Waals surface area contributed by atoms with Crippen LogP contribution in [0.4, 0.5) is 5.69 Å². The third-order valence-corrected chi connectivity index (χ3v) is 2.94. The summed E-state index contributed by atoms with van der Waals surface area (Å²) in [6.07, 6.45) is 13.4. The molecule has 0 unspecified atom stereocenters. The van der Waals surface area contributed by atoms with E-state index in [4.69, 9.17) is 0 Å². The number of carbonyl (C=O) groups excluding carboxylic acids is 1. The predicted octanol–water partition coefficient (Wildman–Crippen LogP) is 1.65. The minimum Gasteiger partial charge on any atom is -0.321 e. The van der Waals surface area contributed by atoms with Crippen LogP contribution in [0.5, 0.6) is 0 Å². The van der Waals surface area contributed by atoms with Gasteiger partial charge in [-0.15, -0.1) is 0 Å². The predicted molar refractivity (Wildman–Crippen MR) is 82.2 cm³/mol. The van der Waals surface area contributed by atoms with E-state index in [1.54, 1.807) is 52.5 Å². The molecule has 0 fully saturated rings. The molecule has 0 aliphatic rings. The highest BCUT2D eigenvalue weighted by atomic mass is 16.1. The van der Waals surface area contributed by atoms with Gasteiger partial charge in [-0.3, -0.25) is 14.0 Å². The van der Waals surface area contributed by atoms with Gasteiger partial charge in [0.2, 0.25) is 5.91 Å². The van der Waals surface area contributed by atoms with Gasteiger partial charge in [0.05, 0.1) is 18.1 Å². The van der Waals surface area contributed by atoms with Crippen molar-refractivity contribution in [2.24, 2.45) is 7.05 Å². The maximum absolute atomic E-state index is 11.8. The maximum atomic E-state index is 11.8. The molecule has 0 saturated heterocycles. The van der Waals surface area contributed by atoms with E-state index in [1.165, 1.54) is 6.08 Å². The smallest absolute Gasteiger partial charge is 0.248 e. The number of nitrogens with one attached hydrogen (secondary N) is 1. The highest BCUT2D eigenvalue weighted by Gasteiger charge is 2.01.